The maximum Gasteiger partial charge on any atom is 0.411 e. The van der Waals surface area contributed by atoms with Crippen molar-refractivity contribution in [2.24, 2.45) is 0 Å². The van der Waals surface area contributed by atoms with Crippen molar-refractivity contribution < 1.29 is 27.8 Å². The number of carbonyl (C=O) groups is 1. The second kappa shape index (κ2) is 4.58. The van der Waals surface area contributed by atoms with E-state index in [1.54, 1.807) is 0 Å². The Balaban J connectivity index is 2.49. The van der Waals surface area contributed by atoms with E-state index in [2.05, 4.69) is 10.1 Å². The van der Waals surface area contributed by atoms with Gasteiger partial charge in [-0.05, 0) is 19.9 Å². The molecule has 7 heteroatoms. The van der Waals surface area contributed by atoms with Crippen LogP contribution in [0.5, 0.6) is 0 Å². The maximum absolute atomic E-state index is 11.9. The highest BCUT2D eigenvalue weighted by atomic mass is 19.4. The normalized spacial score (nSPS) is 30.6. The summed E-state index contributed by atoms with van der Waals surface area (Å²) in [6, 6.07) is 0. The van der Waals surface area contributed by atoms with E-state index in [9.17, 15) is 18.0 Å². The fraction of sp³-hybridized carbons (Fsp3) is 0.889. The van der Waals surface area contributed by atoms with Crippen LogP contribution in [0.3, 0.4) is 0 Å². The molecule has 0 amide bonds. The molecule has 1 aliphatic carbocycles. The van der Waals surface area contributed by atoms with Gasteiger partial charge in [-0.25, -0.2) is 0 Å². The molecular weight excluding hydrogens is 227 g/mol. The maximum atomic E-state index is 11.9. The molecule has 2 atom stereocenters. The predicted molar refractivity (Wildman–Crippen MR) is 49.1 cm³/mol. The lowest BCUT2D eigenvalue weighted by molar-refractivity contribution is -0.185. The largest absolute Gasteiger partial charge is 0.480 e. The number of halogens is 3. The smallest absolute Gasteiger partial charge is 0.411 e. The average Bonchev–Trinajstić information content (AvgIpc) is 2.58. The van der Waals surface area contributed by atoms with Crippen molar-refractivity contribution in [1.82, 2.24) is 5.32 Å². The third-order valence-electron chi connectivity index (χ3n) is 2.84. The SMILES string of the molecule is CNC1(C(=O)O)CCC(OCC(F)(F)F)C1. The van der Waals surface area contributed by atoms with Gasteiger partial charge in [0, 0.05) is 6.42 Å². The summed E-state index contributed by atoms with van der Waals surface area (Å²) in [6.07, 6.45) is -4.35. The molecule has 0 bridgehead atoms. The number of likely N-dealkylation sites (N-methyl/N-ethyl adjacent to an activating group) is 1. The number of hydrogen-bond donors (Lipinski definition) is 2. The summed E-state index contributed by atoms with van der Waals surface area (Å²) in [7, 11) is 1.49. The molecule has 0 spiro atoms. The van der Waals surface area contributed by atoms with Crippen LogP contribution < -0.4 is 5.32 Å². The van der Waals surface area contributed by atoms with Crippen molar-refractivity contribution in [2.75, 3.05) is 13.7 Å². The first kappa shape index (κ1) is 13.2. The third-order valence-corrected chi connectivity index (χ3v) is 2.84. The molecule has 0 aromatic carbocycles. The lowest BCUT2D eigenvalue weighted by Crippen LogP contribution is -2.48. The van der Waals surface area contributed by atoms with Crippen molar-refractivity contribution in [3.63, 3.8) is 0 Å². The standard InChI is InChI=1S/C9H14F3NO3/c1-13-8(7(14)15)3-2-6(4-8)16-5-9(10,11)12/h6,13H,2-5H2,1H3,(H,14,15). The summed E-state index contributed by atoms with van der Waals surface area (Å²) in [6.45, 7) is -1.32. The summed E-state index contributed by atoms with van der Waals surface area (Å²) in [5, 5.41) is 11.6. The topological polar surface area (TPSA) is 58.6 Å². The minimum absolute atomic E-state index is 0.0644. The van der Waals surface area contributed by atoms with Crippen LogP contribution in [0.25, 0.3) is 0 Å². The number of rotatable bonds is 4. The van der Waals surface area contributed by atoms with E-state index >= 15 is 0 Å². The van der Waals surface area contributed by atoms with E-state index in [-0.39, 0.29) is 12.8 Å². The molecule has 1 fully saturated rings. The number of aliphatic carboxylic acids is 1. The highest BCUT2D eigenvalue weighted by molar-refractivity contribution is 5.79. The first-order chi connectivity index (χ1) is 7.29. The molecule has 94 valence electrons. The molecule has 0 aromatic heterocycles. The molecule has 1 rings (SSSR count). The van der Waals surface area contributed by atoms with E-state index < -0.39 is 30.4 Å². The van der Waals surface area contributed by atoms with Crippen LogP contribution in [0, 0.1) is 0 Å². The Labute approximate surface area is 90.8 Å². The highest BCUT2D eigenvalue weighted by Crippen LogP contribution is 2.32. The van der Waals surface area contributed by atoms with Crippen LogP contribution >= 0.6 is 0 Å². The van der Waals surface area contributed by atoms with Gasteiger partial charge in [0.25, 0.3) is 0 Å². The second-order valence-corrected chi connectivity index (χ2v) is 3.93. The van der Waals surface area contributed by atoms with E-state index in [1.807, 2.05) is 0 Å². The van der Waals surface area contributed by atoms with Crippen molar-refractivity contribution in [1.29, 1.82) is 0 Å². The van der Waals surface area contributed by atoms with Gasteiger partial charge in [0.15, 0.2) is 0 Å². The van der Waals surface area contributed by atoms with Gasteiger partial charge in [-0.3, -0.25) is 4.79 Å². The van der Waals surface area contributed by atoms with E-state index in [1.165, 1.54) is 7.05 Å². The second-order valence-electron chi connectivity index (χ2n) is 3.93. The fourth-order valence-electron chi connectivity index (χ4n) is 1.88. The van der Waals surface area contributed by atoms with Gasteiger partial charge in [0.2, 0.25) is 0 Å². The minimum atomic E-state index is -4.37. The summed E-state index contributed by atoms with van der Waals surface area (Å²) >= 11 is 0. The number of alkyl halides is 3. The number of ether oxygens (including phenoxy) is 1. The molecule has 1 aliphatic rings. The van der Waals surface area contributed by atoms with Crippen LogP contribution in [0.15, 0.2) is 0 Å². The molecule has 4 nitrogen and oxygen atoms in total. The van der Waals surface area contributed by atoms with E-state index in [0.29, 0.717) is 6.42 Å². The van der Waals surface area contributed by atoms with Crippen molar-refractivity contribution >= 4 is 5.97 Å². The van der Waals surface area contributed by atoms with Crippen LogP contribution in [0.4, 0.5) is 13.2 Å². The van der Waals surface area contributed by atoms with E-state index in [4.69, 9.17) is 5.11 Å². The van der Waals surface area contributed by atoms with Crippen molar-refractivity contribution in [2.45, 2.75) is 37.1 Å². The molecular formula is C9H14F3NO3. The lowest BCUT2D eigenvalue weighted by Gasteiger charge is -2.23. The number of hydrogen-bond acceptors (Lipinski definition) is 3. The Hall–Kier alpha value is -0.820. The monoisotopic (exact) mass is 241 g/mol. The molecule has 16 heavy (non-hydrogen) atoms. The van der Waals surface area contributed by atoms with Crippen LogP contribution in [0.2, 0.25) is 0 Å². The van der Waals surface area contributed by atoms with Gasteiger partial charge >= 0.3 is 12.1 Å². The fourth-order valence-corrected chi connectivity index (χ4v) is 1.88. The summed E-state index contributed by atoms with van der Waals surface area (Å²) < 4.78 is 40.3. The Morgan fingerprint density at radius 3 is 2.62 bits per heavy atom. The first-order valence-electron chi connectivity index (χ1n) is 4.90. The van der Waals surface area contributed by atoms with E-state index in [0.717, 1.165) is 0 Å². The number of carboxylic acid groups (broad SMARTS) is 1. The van der Waals surface area contributed by atoms with Crippen LogP contribution in [-0.2, 0) is 9.53 Å². The molecule has 0 aliphatic heterocycles. The zero-order valence-electron chi connectivity index (χ0n) is 8.80. The highest BCUT2D eigenvalue weighted by Gasteiger charge is 2.45. The zero-order chi connectivity index (χ0) is 12.4. The first-order valence-corrected chi connectivity index (χ1v) is 4.90. The molecule has 2 N–H and O–H groups in total. The van der Waals surface area contributed by atoms with Gasteiger partial charge in [0.1, 0.15) is 12.1 Å². The summed E-state index contributed by atoms with van der Waals surface area (Å²) in [5.74, 6) is -1.05. The Morgan fingerprint density at radius 2 is 2.25 bits per heavy atom. The zero-order valence-corrected chi connectivity index (χ0v) is 8.80. The molecule has 2 unspecified atom stereocenters. The molecule has 0 radical (unpaired) electrons. The minimum Gasteiger partial charge on any atom is -0.480 e. The Kier molecular flexibility index (Phi) is 3.80. The quantitative estimate of drug-likeness (QED) is 0.775. The van der Waals surface area contributed by atoms with Crippen molar-refractivity contribution in [3.05, 3.63) is 0 Å². The Morgan fingerprint density at radius 1 is 1.62 bits per heavy atom. The van der Waals surface area contributed by atoms with Crippen LogP contribution in [0.1, 0.15) is 19.3 Å². The summed E-state index contributed by atoms with van der Waals surface area (Å²) in [5.41, 5.74) is -1.14. The van der Waals surface area contributed by atoms with Crippen LogP contribution in [-0.4, -0.2) is 42.5 Å². The number of carboxylic acids is 1. The van der Waals surface area contributed by atoms with Gasteiger partial charge in [-0.1, -0.05) is 0 Å². The molecule has 0 saturated heterocycles. The molecule has 0 heterocycles. The molecule has 1 saturated carbocycles. The summed E-state index contributed by atoms with van der Waals surface area (Å²) in [4.78, 5) is 11.0. The third kappa shape index (κ3) is 3.08. The predicted octanol–water partition coefficient (Wildman–Crippen LogP) is 1.16. The van der Waals surface area contributed by atoms with Gasteiger partial charge in [0.05, 0.1) is 6.10 Å². The van der Waals surface area contributed by atoms with Gasteiger partial charge in [-0.2, -0.15) is 13.2 Å². The lowest BCUT2D eigenvalue weighted by atomic mass is 9.98. The molecule has 0 aromatic rings. The van der Waals surface area contributed by atoms with Gasteiger partial charge in [-0.15, -0.1) is 0 Å². The van der Waals surface area contributed by atoms with Gasteiger partial charge < -0.3 is 15.2 Å². The Bertz CT molecular complexity index is 269. The number of nitrogens with one attached hydrogen (secondary N) is 1. The average molecular weight is 241 g/mol. The van der Waals surface area contributed by atoms with Crippen molar-refractivity contribution in [3.8, 4) is 0 Å².